The lowest BCUT2D eigenvalue weighted by Gasteiger charge is -2.19. The number of carbonyl (C=O) groups excluding carboxylic acids is 2. The Kier molecular flexibility index (Phi) is 5.35. The zero-order chi connectivity index (χ0) is 18.1. The van der Waals surface area contributed by atoms with Gasteiger partial charge in [-0.3, -0.25) is 0 Å². The van der Waals surface area contributed by atoms with E-state index in [9.17, 15) is 14.1 Å². The summed E-state index contributed by atoms with van der Waals surface area (Å²) in [5.74, 6) is -0.167. The Labute approximate surface area is 149 Å². The summed E-state index contributed by atoms with van der Waals surface area (Å²) in [6, 6.07) is 0. The predicted octanol–water partition coefficient (Wildman–Crippen LogP) is 2.25. The van der Waals surface area contributed by atoms with E-state index in [1.807, 2.05) is 5.32 Å². The molecule has 2 rings (SSSR count). The van der Waals surface area contributed by atoms with Crippen LogP contribution in [0.4, 0.5) is 9.59 Å². The van der Waals surface area contributed by atoms with Gasteiger partial charge in [0.2, 0.25) is 5.88 Å². The smallest absolute Gasteiger partial charge is 0.423 e. The molecule has 0 aliphatic rings. The third-order valence-electron chi connectivity index (χ3n) is 2.48. The predicted molar refractivity (Wildman–Crippen MR) is 88.4 cm³/mol. The molecule has 11 heteroatoms. The number of fused-ring (bicyclic) bond motifs is 1. The number of hydrogen-bond donors (Lipinski definition) is 1. The first kappa shape index (κ1) is 18.5. The molecule has 0 radical (unpaired) electrons. The number of rotatable bonds is 2. The van der Waals surface area contributed by atoms with E-state index in [-0.39, 0.29) is 15.5 Å². The Morgan fingerprint density at radius 2 is 2.04 bits per heavy atom. The van der Waals surface area contributed by atoms with Crippen LogP contribution in [0.1, 0.15) is 20.8 Å². The van der Waals surface area contributed by atoms with Gasteiger partial charge in [-0.25, -0.2) is 24.3 Å². The SMILES string of the molecule is C[S+]([O-])c1nc(OC(=O)NC(=O)OC(C)(C)C)c(Br)c2nccn12. The van der Waals surface area contributed by atoms with Gasteiger partial charge in [0.05, 0.1) is 0 Å². The summed E-state index contributed by atoms with van der Waals surface area (Å²) in [6.45, 7) is 4.97. The molecule has 1 N–H and O–H groups in total. The van der Waals surface area contributed by atoms with Crippen molar-refractivity contribution in [3.8, 4) is 5.88 Å². The van der Waals surface area contributed by atoms with Crippen molar-refractivity contribution in [1.82, 2.24) is 19.7 Å². The number of imide groups is 1. The average molecular weight is 419 g/mol. The van der Waals surface area contributed by atoms with Crippen LogP contribution in [0.25, 0.3) is 5.65 Å². The Morgan fingerprint density at radius 3 is 2.62 bits per heavy atom. The van der Waals surface area contributed by atoms with Gasteiger partial charge in [-0.1, -0.05) is 0 Å². The van der Waals surface area contributed by atoms with Crippen molar-refractivity contribution in [3.05, 3.63) is 16.9 Å². The maximum absolute atomic E-state index is 11.8. The number of amides is 2. The fourth-order valence-electron chi connectivity index (χ4n) is 1.68. The zero-order valence-corrected chi connectivity index (χ0v) is 15.7. The second kappa shape index (κ2) is 6.95. The fraction of sp³-hybridized carbons (Fsp3) is 0.385. The molecule has 2 aromatic rings. The third-order valence-corrected chi connectivity index (χ3v) is 3.97. The number of ether oxygens (including phenoxy) is 2. The molecule has 0 fully saturated rings. The van der Waals surface area contributed by atoms with Gasteiger partial charge in [-0.15, -0.1) is 4.98 Å². The summed E-state index contributed by atoms with van der Waals surface area (Å²) >= 11 is 1.77. The number of nitrogens with one attached hydrogen (secondary N) is 1. The standard InChI is InChI=1S/C13H15BrN4O5S/c1-13(2,3)23-12(20)17-11(19)22-9-7(14)8-15-5-6-18(8)10(16-9)24(4)21/h5-6H,1-4H3,(H,17,19,20). The maximum Gasteiger partial charge on any atom is 0.423 e. The molecule has 0 saturated carbocycles. The van der Waals surface area contributed by atoms with Crippen LogP contribution in [0.5, 0.6) is 5.88 Å². The number of hydrogen-bond acceptors (Lipinski definition) is 7. The van der Waals surface area contributed by atoms with Gasteiger partial charge in [0.1, 0.15) is 16.3 Å². The number of carbonyl (C=O) groups is 2. The quantitative estimate of drug-likeness (QED) is 0.586. The lowest BCUT2D eigenvalue weighted by molar-refractivity contribution is 0.0533. The number of nitrogens with zero attached hydrogens (tertiary/aromatic N) is 3. The minimum atomic E-state index is -1.45. The van der Waals surface area contributed by atoms with E-state index in [1.54, 1.807) is 27.0 Å². The van der Waals surface area contributed by atoms with E-state index < -0.39 is 29.0 Å². The van der Waals surface area contributed by atoms with Gasteiger partial charge in [-0.2, -0.15) is 0 Å². The second-order valence-electron chi connectivity index (χ2n) is 5.60. The number of imidazole rings is 1. The van der Waals surface area contributed by atoms with Gasteiger partial charge < -0.3 is 14.0 Å². The molecule has 0 aliphatic heterocycles. The molecule has 1 unspecified atom stereocenters. The lowest BCUT2D eigenvalue weighted by Crippen LogP contribution is -2.38. The molecule has 2 aromatic heterocycles. The summed E-state index contributed by atoms with van der Waals surface area (Å²) in [5.41, 5.74) is -0.389. The minimum Gasteiger partial charge on any atom is -0.609 e. The van der Waals surface area contributed by atoms with Gasteiger partial charge in [0, 0.05) is 23.6 Å². The molecule has 24 heavy (non-hydrogen) atoms. The normalized spacial score (nSPS) is 12.8. The van der Waals surface area contributed by atoms with Gasteiger partial charge in [-0.05, 0) is 36.7 Å². The van der Waals surface area contributed by atoms with Crippen LogP contribution in [0, 0.1) is 0 Å². The van der Waals surface area contributed by atoms with Crippen molar-refractivity contribution < 1.29 is 23.6 Å². The van der Waals surface area contributed by atoms with Crippen LogP contribution in [0.15, 0.2) is 22.0 Å². The summed E-state index contributed by atoms with van der Waals surface area (Å²) < 4.78 is 23.5. The lowest BCUT2D eigenvalue weighted by atomic mass is 10.2. The van der Waals surface area contributed by atoms with E-state index in [2.05, 4.69) is 25.9 Å². The second-order valence-corrected chi connectivity index (χ2v) is 7.67. The van der Waals surface area contributed by atoms with Gasteiger partial charge >= 0.3 is 17.3 Å². The van der Waals surface area contributed by atoms with E-state index in [4.69, 9.17) is 9.47 Å². The van der Waals surface area contributed by atoms with Crippen molar-refractivity contribution in [3.63, 3.8) is 0 Å². The first-order valence-corrected chi connectivity index (χ1v) is 9.01. The average Bonchev–Trinajstić information content (AvgIpc) is 2.88. The summed E-state index contributed by atoms with van der Waals surface area (Å²) in [6.07, 6.45) is 2.46. The Balaban J connectivity index is 2.22. The maximum atomic E-state index is 11.8. The highest BCUT2D eigenvalue weighted by Gasteiger charge is 2.24. The van der Waals surface area contributed by atoms with Crippen LogP contribution < -0.4 is 10.1 Å². The molecule has 9 nitrogen and oxygen atoms in total. The minimum absolute atomic E-state index is 0.144. The van der Waals surface area contributed by atoms with Crippen molar-refractivity contribution >= 4 is 44.9 Å². The van der Waals surface area contributed by atoms with Crippen LogP contribution in [0.2, 0.25) is 0 Å². The first-order valence-electron chi connectivity index (χ1n) is 6.66. The van der Waals surface area contributed by atoms with Crippen LogP contribution >= 0.6 is 15.9 Å². The number of aromatic nitrogens is 3. The topological polar surface area (TPSA) is 118 Å². The molecule has 0 saturated heterocycles. The van der Waals surface area contributed by atoms with Crippen LogP contribution in [-0.4, -0.2) is 43.0 Å². The Bertz CT molecular complexity index is 786. The van der Waals surface area contributed by atoms with E-state index in [0.717, 1.165) is 0 Å². The van der Waals surface area contributed by atoms with Gasteiger partial charge in [0.25, 0.3) is 0 Å². The molecule has 1 atom stereocenters. The molecule has 0 aliphatic carbocycles. The molecule has 130 valence electrons. The van der Waals surface area contributed by atoms with Crippen molar-refractivity contribution in [1.29, 1.82) is 0 Å². The zero-order valence-electron chi connectivity index (χ0n) is 13.3. The fourth-order valence-corrected chi connectivity index (χ4v) is 2.78. The van der Waals surface area contributed by atoms with E-state index >= 15 is 0 Å². The van der Waals surface area contributed by atoms with E-state index in [1.165, 1.54) is 16.9 Å². The highest BCUT2D eigenvalue weighted by molar-refractivity contribution is 9.10. The molecule has 2 amide bonds. The monoisotopic (exact) mass is 418 g/mol. The van der Waals surface area contributed by atoms with Crippen molar-refractivity contribution in [2.24, 2.45) is 0 Å². The summed E-state index contributed by atoms with van der Waals surface area (Å²) in [5, 5.41) is 2.06. The number of alkyl carbamates (subject to hydrolysis) is 1. The summed E-state index contributed by atoms with van der Waals surface area (Å²) in [4.78, 5) is 31.5. The van der Waals surface area contributed by atoms with Crippen LogP contribution in [0.3, 0.4) is 0 Å². The largest absolute Gasteiger partial charge is 0.609 e. The van der Waals surface area contributed by atoms with E-state index in [0.29, 0.717) is 5.65 Å². The van der Waals surface area contributed by atoms with Crippen LogP contribution in [-0.2, 0) is 15.9 Å². The molecular weight excluding hydrogens is 404 g/mol. The van der Waals surface area contributed by atoms with Crippen molar-refractivity contribution in [2.45, 2.75) is 31.5 Å². The highest BCUT2D eigenvalue weighted by Crippen LogP contribution is 2.29. The molecule has 2 heterocycles. The third kappa shape index (κ3) is 4.36. The Hall–Kier alpha value is -1.85. The molecular formula is C13H15BrN4O5S. The molecule has 0 bridgehead atoms. The highest BCUT2D eigenvalue weighted by atomic mass is 79.9. The molecule has 0 aromatic carbocycles. The van der Waals surface area contributed by atoms with Gasteiger partial charge in [0.15, 0.2) is 5.65 Å². The Morgan fingerprint density at radius 1 is 1.38 bits per heavy atom. The summed E-state index contributed by atoms with van der Waals surface area (Å²) in [7, 11) is 0. The molecule has 0 spiro atoms. The van der Waals surface area contributed by atoms with Crippen molar-refractivity contribution in [2.75, 3.05) is 6.26 Å². The number of halogens is 1. The first-order chi connectivity index (χ1) is 11.1.